The lowest BCUT2D eigenvalue weighted by Gasteiger charge is -2.30. The number of rotatable bonds is 5. The van der Waals surface area contributed by atoms with Crippen LogP contribution in [0.3, 0.4) is 0 Å². The van der Waals surface area contributed by atoms with Crippen molar-refractivity contribution < 1.29 is 13.5 Å². The molecule has 10 heteroatoms. The van der Waals surface area contributed by atoms with E-state index in [1.807, 2.05) is 44.2 Å². The van der Waals surface area contributed by atoms with Crippen LogP contribution in [0, 0.1) is 13.8 Å². The third kappa shape index (κ3) is 4.51. The number of aryl methyl sites for hydroxylation is 2. The van der Waals surface area contributed by atoms with Crippen LogP contribution in [0.4, 0.5) is 20.4 Å². The monoisotopic (exact) mass is 482 g/mol. The summed E-state index contributed by atoms with van der Waals surface area (Å²) in [6.07, 6.45) is 1.33. The highest BCUT2D eigenvalue weighted by Crippen LogP contribution is 2.41. The number of nitrogens with zero attached hydrogens (tertiary/aromatic N) is 3. The second kappa shape index (κ2) is 8.77. The Morgan fingerprint density at radius 3 is 2.76 bits per heavy atom. The summed E-state index contributed by atoms with van der Waals surface area (Å²) in [5, 5.41) is 8.39. The van der Waals surface area contributed by atoms with E-state index in [1.165, 1.54) is 11.3 Å². The van der Waals surface area contributed by atoms with E-state index < -0.39 is 12.0 Å². The molecule has 34 heavy (non-hydrogen) atoms. The van der Waals surface area contributed by atoms with Crippen LogP contribution >= 0.6 is 11.3 Å². The summed E-state index contributed by atoms with van der Waals surface area (Å²) in [6.45, 7) is 3.94. The van der Waals surface area contributed by atoms with Gasteiger partial charge in [0.25, 0.3) is 5.92 Å². The van der Waals surface area contributed by atoms with E-state index in [1.54, 1.807) is 12.3 Å². The van der Waals surface area contributed by atoms with Crippen molar-refractivity contribution in [1.82, 2.24) is 20.3 Å². The molecule has 0 bridgehead atoms. The van der Waals surface area contributed by atoms with Crippen molar-refractivity contribution >= 4 is 33.7 Å². The maximum absolute atomic E-state index is 13.8. The third-order valence-corrected chi connectivity index (χ3v) is 6.63. The normalized spacial score (nSPS) is 17.6. The molecule has 1 aliphatic rings. The van der Waals surface area contributed by atoms with Crippen molar-refractivity contribution in [2.75, 3.05) is 24.1 Å². The molecule has 4 aromatic rings. The Labute approximate surface area is 199 Å². The Balaban J connectivity index is 1.47. The van der Waals surface area contributed by atoms with Crippen molar-refractivity contribution in [3.63, 3.8) is 0 Å². The number of anilines is 2. The summed E-state index contributed by atoms with van der Waals surface area (Å²) < 4.78 is 33.9. The zero-order valence-electron chi connectivity index (χ0n) is 18.7. The van der Waals surface area contributed by atoms with E-state index >= 15 is 0 Å². The van der Waals surface area contributed by atoms with Gasteiger partial charge in [-0.2, -0.15) is 0 Å². The Morgan fingerprint density at radius 2 is 1.97 bits per heavy atom. The summed E-state index contributed by atoms with van der Waals surface area (Å²) >= 11 is 1.44. The van der Waals surface area contributed by atoms with Crippen molar-refractivity contribution in [3.8, 4) is 22.2 Å². The van der Waals surface area contributed by atoms with E-state index in [-0.39, 0.29) is 18.9 Å². The number of hydrogen-bond acceptors (Lipinski definition) is 8. The smallest absolute Gasteiger partial charge is 0.262 e. The van der Waals surface area contributed by atoms with Crippen LogP contribution in [0.2, 0.25) is 0 Å². The number of piperidine rings is 1. The first-order valence-corrected chi connectivity index (χ1v) is 11.7. The van der Waals surface area contributed by atoms with Crippen LogP contribution in [-0.2, 0) is 0 Å². The standard InChI is InChI=1S/C24H24F2N6OS/c1-13-9-18(27)16-5-3-4-6-17(16)20(13)33-22-21(34-14(2)30-22)19-7-8-29-23(32-19)31-15-10-24(25,26)12-28-11-15/h3-9,15,28H,10-12,27H2,1-2H3,(H,29,31,32)/t15-/m0/s1. The fraction of sp³-hybridized carbons (Fsp3) is 0.292. The molecule has 5 rings (SSSR count). The van der Waals surface area contributed by atoms with Gasteiger partial charge in [-0.15, -0.1) is 11.3 Å². The van der Waals surface area contributed by atoms with Crippen LogP contribution in [0.5, 0.6) is 11.6 Å². The lowest BCUT2D eigenvalue weighted by Crippen LogP contribution is -2.49. The molecule has 0 amide bonds. The molecule has 0 radical (unpaired) electrons. The number of nitrogen functional groups attached to an aromatic ring is 1. The summed E-state index contributed by atoms with van der Waals surface area (Å²) in [4.78, 5) is 14.1. The third-order valence-electron chi connectivity index (χ3n) is 5.66. The zero-order valence-corrected chi connectivity index (χ0v) is 19.5. The Bertz CT molecular complexity index is 1360. The van der Waals surface area contributed by atoms with Crippen LogP contribution < -0.4 is 21.1 Å². The fourth-order valence-corrected chi connectivity index (χ4v) is 4.98. The molecule has 0 unspecified atom stereocenters. The van der Waals surface area contributed by atoms with Gasteiger partial charge in [0.15, 0.2) is 0 Å². The van der Waals surface area contributed by atoms with Crippen LogP contribution in [0.15, 0.2) is 42.6 Å². The molecule has 2 aromatic heterocycles. The molecule has 7 nitrogen and oxygen atoms in total. The summed E-state index contributed by atoms with van der Waals surface area (Å²) in [5.74, 6) is -1.37. The SMILES string of the molecule is Cc1nc(Oc2c(C)cc(N)c3ccccc23)c(-c2ccnc(N[C@@H]3CNCC(F)(F)C3)n2)s1. The molecule has 0 aliphatic carbocycles. The maximum Gasteiger partial charge on any atom is 0.262 e. The molecule has 1 atom stereocenters. The van der Waals surface area contributed by atoms with Gasteiger partial charge in [0.1, 0.15) is 10.6 Å². The Kier molecular flexibility index (Phi) is 5.78. The van der Waals surface area contributed by atoms with Crippen molar-refractivity contribution in [2.24, 2.45) is 0 Å². The van der Waals surface area contributed by atoms with Gasteiger partial charge in [0.2, 0.25) is 11.8 Å². The number of thiazole rings is 1. The lowest BCUT2D eigenvalue weighted by molar-refractivity contribution is -0.0244. The van der Waals surface area contributed by atoms with Gasteiger partial charge in [-0.25, -0.2) is 23.7 Å². The molecular weight excluding hydrogens is 458 g/mol. The number of fused-ring (bicyclic) bond motifs is 1. The molecule has 0 spiro atoms. The number of aromatic nitrogens is 3. The number of halogens is 2. The van der Waals surface area contributed by atoms with Gasteiger partial charge < -0.3 is 21.1 Å². The zero-order chi connectivity index (χ0) is 23.9. The summed E-state index contributed by atoms with van der Waals surface area (Å²) in [5.41, 5.74) is 8.39. The minimum Gasteiger partial charge on any atom is -0.437 e. The molecule has 176 valence electrons. The molecule has 1 aliphatic heterocycles. The number of alkyl halides is 2. The molecular formula is C24H24F2N6OS. The first-order chi connectivity index (χ1) is 16.3. The first kappa shape index (κ1) is 22.4. The maximum atomic E-state index is 13.8. The van der Waals surface area contributed by atoms with Crippen LogP contribution in [-0.4, -0.2) is 40.0 Å². The van der Waals surface area contributed by atoms with Gasteiger partial charge in [-0.05, 0) is 31.5 Å². The predicted octanol–water partition coefficient (Wildman–Crippen LogP) is 5.15. The average molecular weight is 483 g/mol. The van der Waals surface area contributed by atoms with E-state index in [9.17, 15) is 8.78 Å². The molecule has 1 saturated heterocycles. The highest BCUT2D eigenvalue weighted by atomic mass is 32.1. The van der Waals surface area contributed by atoms with E-state index in [0.29, 0.717) is 29.6 Å². The molecule has 4 N–H and O–H groups in total. The van der Waals surface area contributed by atoms with Gasteiger partial charge in [-0.1, -0.05) is 24.3 Å². The van der Waals surface area contributed by atoms with Gasteiger partial charge in [-0.3, -0.25) is 0 Å². The van der Waals surface area contributed by atoms with Gasteiger partial charge >= 0.3 is 0 Å². The molecule has 3 heterocycles. The second-order valence-corrected chi connectivity index (χ2v) is 9.63. The topological polar surface area (TPSA) is 98.0 Å². The number of nitrogens with two attached hydrogens (primary N) is 1. The Hall–Kier alpha value is -3.37. The van der Waals surface area contributed by atoms with Crippen LogP contribution in [0.25, 0.3) is 21.3 Å². The molecule has 1 fully saturated rings. The van der Waals surface area contributed by atoms with Gasteiger partial charge in [0, 0.05) is 41.7 Å². The minimum atomic E-state index is -2.76. The fourth-order valence-electron chi connectivity index (χ4n) is 4.17. The van der Waals surface area contributed by atoms with E-state index in [2.05, 4.69) is 25.6 Å². The second-order valence-electron chi connectivity index (χ2n) is 8.42. The van der Waals surface area contributed by atoms with Crippen molar-refractivity contribution in [1.29, 1.82) is 0 Å². The predicted molar refractivity (Wildman–Crippen MR) is 131 cm³/mol. The highest BCUT2D eigenvalue weighted by molar-refractivity contribution is 7.15. The number of nitrogens with one attached hydrogen (secondary N) is 2. The Morgan fingerprint density at radius 1 is 1.18 bits per heavy atom. The van der Waals surface area contributed by atoms with E-state index in [4.69, 9.17) is 10.5 Å². The van der Waals surface area contributed by atoms with E-state index in [0.717, 1.165) is 26.2 Å². The van der Waals surface area contributed by atoms with Crippen molar-refractivity contribution in [3.05, 3.63) is 53.2 Å². The summed E-state index contributed by atoms with van der Waals surface area (Å²) in [6, 6.07) is 11.0. The van der Waals surface area contributed by atoms with Crippen LogP contribution in [0.1, 0.15) is 17.0 Å². The van der Waals surface area contributed by atoms with Gasteiger partial charge in [0.05, 0.1) is 17.2 Å². The first-order valence-electron chi connectivity index (χ1n) is 10.9. The largest absolute Gasteiger partial charge is 0.437 e. The number of hydrogen-bond donors (Lipinski definition) is 3. The quantitative estimate of drug-likeness (QED) is 0.338. The molecule has 0 saturated carbocycles. The summed E-state index contributed by atoms with van der Waals surface area (Å²) in [7, 11) is 0. The number of benzene rings is 2. The minimum absolute atomic E-state index is 0.273. The molecule has 2 aromatic carbocycles. The lowest BCUT2D eigenvalue weighted by atomic mass is 10.0. The van der Waals surface area contributed by atoms with Crippen molar-refractivity contribution in [2.45, 2.75) is 32.2 Å². The highest BCUT2D eigenvalue weighted by Gasteiger charge is 2.36. The number of ether oxygens (including phenoxy) is 1. The average Bonchev–Trinajstić information content (AvgIpc) is 3.16.